The highest BCUT2D eigenvalue weighted by Crippen LogP contribution is 2.37. The zero-order valence-corrected chi connectivity index (χ0v) is 16.9. The molecule has 2 aliphatic heterocycles. The molecule has 2 amide bonds. The van der Waals surface area contributed by atoms with Crippen LogP contribution in [0.25, 0.3) is 0 Å². The standard InChI is InChI=1S/C22H29N3O4/c1-14(20(26)23-16-7-4-2-3-5-8-16)29-22(28)15-10-11-18-17(13-15)24-21(27)19-9-6-12-25(18)19/h10-11,13-14,16,19H,2-9,12H2,1H3,(H,23,26)(H,24,27)/t14-,19+/m1/s1. The number of anilines is 2. The molecule has 2 N–H and O–H groups in total. The number of esters is 1. The minimum absolute atomic E-state index is 0.0309. The second-order valence-electron chi connectivity index (χ2n) is 8.32. The minimum Gasteiger partial charge on any atom is -0.449 e. The molecule has 0 bridgehead atoms. The van der Waals surface area contributed by atoms with E-state index in [-0.39, 0.29) is 23.9 Å². The predicted molar refractivity (Wildman–Crippen MR) is 110 cm³/mol. The maximum Gasteiger partial charge on any atom is 0.338 e. The summed E-state index contributed by atoms with van der Waals surface area (Å²) in [5.74, 6) is -0.845. The fourth-order valence-corrected chi connectivity index (χ4v) is 4.58. The summed E-state index contributed by atoms with van der Waals surface area (Å²) in [6, 6.07) is 5.23. The Labute approximate surface area is 171 Å². The lowest BCUT2D eigenvalue weighted by molar-refractivity contribution is -0.129. The predicted octanol–water partition coefficient (Wildman–Crippen LogP) is 2.99. The summed E-state index contributed by atoms with van der Waals surface area (Å²) in [7, 11) is 0. The van der Waals surface area contributed by atoms with Gasteiger partial charge in [0, 0.05) is 12.6 Å². The van der Waals surface area contributed by atoms with E-state index >= 15 is 0 Å². The molecule has 3 aliphatic rings. The van der Waals surface area contributed by atoms with Crippen LogP contribution >= 0.6 is 0 Å². The summed E-state index contributed by atoms with van der Waals surface area (Å²) in [6.07, 6.45) is 7.60. The van der Waals surface area contributed by atoms with Gasteiger partial charge < -0.3 is 20.3 Å². The second kappa shape index (κ2) is 8.43. The van der Waals surface area contributed by atoms with Crippen LogP contribution < -0.4 is 15.5 Å². The molecule has 0 aromatic heterocycles. The highest BCUT2D eigenvalue weighted by Gasteiger charge is 2.36. The van der Waals surface area contributed by atoms with Gasteiger partial charge in [0.15, 0.2) is 6.10 Å². The minimum atomic E-state index is -0.862. The van der Waals surface area contributed by atoms with E-state index in [1.54, 1.807) is 19.1 Å². The van der Waals surface area contributed by atoms with Gasteiger partial charge in [-0.05, 0) is 50.8 Å². The number of hydrogen-bond acceptors (Lipinski definition) is 5. The van der Waals surface area contributed by atoms with E-state index in [0.717, 1.165) is 50.8 Å². The van der Waals surface area contributed by atoms with Crippen molar-refractivity contribution in [3.8, 4) is 0 Å². The molecule has 156 valence electrons. The number of rotatable bonds is 4. The van der Waals surface area contributed by atoms with Gasteiger partial charge in [0.2, 0.25) is 5.91 Å². The van der Waals surface area contributed by atoms with Gasteiger partial charge in [0.25, 0.3) is 5.91 Å². The van der Waals surface area contributed by atoms with Crippen molar-refractivity contribution in [2.75, 3.05) is 16.8 Å². The molecule has 7 nitrogen and oxygen atoms in total. The molecular formula is C22H29N3O4. The first kappa shape index (κ1) is 19.7. The van der Waals surface area contributed by atoms with Gasteiger partial charge >= 0.3 is 5.97 Å². The molecule has 1 aromatic carbocycles. The maximum absolute atomic E-state index is 12.6. The molecule has 1 saturated heterocycles. The molecule has 0 radical (unpaired) electrons. The second-order valence-corrected chi connectivity index (χ2v) is 8.32. The number of carbonyl (C=O) groups excluding carboxylic acids is 3. The van der Waals surface area contributed by atoms with Crippen molar-refractivity contribution in [1.29, 1.82) is 0 Å². The highest BCUT2D eigenvalue weighted by atomic mass is 16.5. The molecule has 2 fully saturated rings. The summed E-state index contributed by atoms with van der Waals surface area (Å²) in [4.78, 5) is 39.4. The normalized spacial score (nSPS) is 22.7. The third-order valence-corrected chi connectivity index (χ3v) is 6.21. The van der Waals surface area contributed by atoms with E-state index in [1.165, 1.54) is 12.8 Å². The third-order valence-electron chi connectivity index (χ3n) is 6.21. The smallest absolute Gasteiger partial charge is 0.338 e. The van der Waals surface area contributed by atoms with Crippen molar-refractivity contribution in [1.82, 2.24) is 5.32 Å². The van der Waals surface area contributed by atoms with Gasteiger partial charge in [-0.2, -0.15) is 0 Å². The quantitative estimate of drug-likeness (QED) is 0.600. The van der Waals surface area contributed by atoms with Gasteiger partial charge in [-0.15, -0.1) is 0 Å². The largest absolute Gasteiger partial charge is 0.449 e. The molecule has 29 heavy (non-hydrogen) atoms. The number of ether oxygens (including phenoxy) is 1. The Morgan fingerprint density at radius 1 is 1.14 bits per heavy atom. The van der Waals surface area contributed by atoms with Gasteiger partial charge in [0.1, 0.15) is 6.04 Å². The Morgan fingerprint density at radius 2 is 1.90 bits per heavy atom. The van der Waals surface area contributed by atoms with Crippen LogP contribution in [-0.2, 0) is 14.3 Å². The van der Waals surface area contributed by atoms with Crippen LogP contribution in [0.4, 0.5) is 11.4 Å². The maximum atomic E-state index is 12.6. The molecule has 1 aromatic rings. The van der Waals surface area contributed by atoms with E-state index in [0.29, 0.717) is 11.3 Å². The summed E-state index contributed by atoms with van der Waals surface area (Å²) < 4.78 is 5.40. The van der Waals surface area contributed by atoms with Crippen LogP contribution in [0.1, 0.15) is 68.6 Å². The number of nitrogens with zero attached hydrogens (tertiary/aromatic N) is 1. The number of nitrogens with one attached hydrogen (secondary N) is 2. The molecule has 2 heterocycles. The zero-order valence-electron chi connectivity index (χ0n) is 16.9. The SMILES string of the molecule is C[C@@H](OC(=O)c1ccc2c(c1)NC(=O)[C@@H]1CCCN21)C(=O)NC1CCCCCC1. The van der Waals surface area contributed by atoms with E-state index < -0.39 is 12.1 Å². The van der Waals surface area contributed by atoms with E-state index in [4.69, 9.17) is 4.74 Å². The lowest BCUT2D eigenvalue weighted by Crippen LogP contribution is -2.44. The molecule has 7 heteroatoms. The monoisotopic (exact) mass is 399 g/mol. The number of amides is 2. The van der Waals surface area contributed by atoms with E-state index in [9.17, 15) is 14.4 Å². The van der Waals surface area contributed by atoms with Crippen molar-refractivity contribution in [2.45, 2.75) is 76.5 Å². The van der Waals surface area contributed by atoms with Crippen molar-refractivity contribution in [3.05, 3.63) is 23.8 Å². The molecule has 4 rings (SSSR count). The summed E-state index contributed by atoms with van der Waals surface area (Å²) >= 11 is 0. The Bertz CT molecular complexity index is 801. The zero-order chi connectivity index (χ0) is 20.4. The molecule has 0 unspecified atom stereocenters. The topological polar surface area (TPSA) is 87.7 Å². The Hall–Kier alpha value is -2.57. The van der Waals surface area contributed by atoms with Crippen molar-refractivity contribution < 1.29 is 19.1 Å². The summed E-state index contributed by atoms with van der Waals surface area (Å²) in [5, 5.41) is 5.91. The number of carbonyl (C=O) groups is 3. The lowest BCUT2D eigenvalue weighted by atomic mass is 10.1. The Balaban J connectivity index is 1.39. The van der Waals surface area contributed by atoms with Crippen LogP contribution in [0.15, 0.2) is 18.2 Å². The van der Waals surface area contributed by atoms with Crippen molar-refractivity contribution in [2.24, 2.45) is 0 Å². The molecule has 1 aliphatic carbocycles. The van der Waals surface area contributed by atoms with Crippen molar-refractivity contribution >= 4 is 29.2 Å². The van der Waals surface area contributed by atoms with Gasteiger partial charge in [0.05, 0.1) is 16.9 Å². The van der Waals surface area contributed by atoms with Crippen LogP contribution in [-0.4, -0.2) is 42.5 Å². The summed E-state index contributed by atoms with van der Waals surface area (Å²) in [5.41, 5.74) is 1.89. The van der Waals surface area contributed by atoms with Gasteiger partial charge in [-0.1, -0.05) is 25.7 Å². The fourth-order valence-electron chi connectivity index (χ4n) is 4.58. The van der Waals surface area contributed by atoms with Crippen molar-refractivity contribution in [3.63, 3.8) is 0 Å². The molecule has 0 spiro atoms. The molecular weight excluding hydrogens is 370 g/mol. The van der Waals surface area contributed by atoms with Crippen LogP contribution in [0.3, 0.4) is 0 Å². The first-order chi connectivity index (χ1) is 14.0. The number of fused-ring (bicyclic) bond motifs is 3. The Morgan fingerprint density at radius 3 is 2.66 bits per heavy atom. The average Bonchev–Trinajstić information content (AvgIpc) is 3.07. The summed E-state index contributed by atoms with van der Waals surface area (Å²) in [6.45, 7) is 2.44. The van der Waals surface area contributed by atoms with E-state index in [2.05, 4.69) is 15.5 Å². The highest BCUT2D eigenvalue weighted by molar-refractivity contribution is 6.05. The van der Waals surface area contributed by atoms with Crippen LogP contribution in [0.5, 0.6) is 0 Å². The van der Waals surface area contributed by atoms with Crippen LogP contribution in [0, 0.1) is 0 Å². The van der Waals surface area contributed by atoms with Gasteiger partial charge in [-0.25, -0.2) is 4.79 Å². The van der Waals surface area contributed by atoms with Gasteiger partial charge in [-0.3, -0.25) is 9.59 Å². The number of benzene rings is 1. The average molecular weight is 399 g/mol. The first-order valence-corrected chi connectivity index (χ1v) is 10.8. The number of hydrogen-bond donors (Lipinski definition) is 2. The van der Waals surface area contributed by atoms with E-state index in [1.807, 2.05) is 6.07 Å². The molecule has 1 saturated carbocycles. The lowest BCUT2D eigenvalue weighted by Gasteiger charge is -2.33. The van der Waals surface area contributed by atoms with Crippen LogP contribution in [0.2, 0.25) is 0 Å². The Kier molecular flexibility index (Phi) is 5.74. The molecule has 2 atom stereocenters. The third kappa shape index (κ3) is 4.23. The first-order valence-electron chi connectivity index (χ1n) is 10.8. The fraction of sp³-hybridized carbons (Fsp3) is 0.591.